The van der Waals surface area contributed by atoms with Crippen molar-refractivity contribution in [3.05, 3.63) is 90.5 Å². The summed E-state index contributed by atoms with van der Waals surface area (Å²) in [6, 6.07) is 22.4. The van der Waals surface area contributed by atoms with E-state index in [1.54, 1.807) is 6.20 Å². The lowest BCUT2D eigenvalue weighted by molar-refractivity contribution is 1.07. The van der Waals surface area contributed by atoms with E-state index < -0.39 is 0 Å². The summed E-state index contributed by atoms with van der Waals surface area (Å²) < 4.78 is 2.17. The average Bonchev–Trinajstić information content (AvgIpc) is 3.00. The average molecular weight is 297 g/mol. The monoisotopic (exact) mass is 297 g/mol. The van der Waals surface area contributed by atoms with Crippen LogP contribution in [-0.2, 0) is 0 Å². The fourth-order valence-corrected chi connectivity index (χ4v) is 2.65. The third kappa shape index (κ3) is 2.64. The van der Waals surface area contributed by atoms with Gasteiger partial charge in [0.25, 0.3) is 0 Å². The summed E-state index contributed by atoms with van der Waals surface area (Å²) in [5.41, 5.74) is 4.25. The Bertz CT molecular complexity index is 954. The van der Waals surface area contributed by atoms with Crippen LogP contribution in [0.25, 0.3) is 28.9 Å². The maximum Gasteiger partial charge on any atom is 0.138 e. The molecule has 0 radical (unpaired) electrons. The molecule has 0 aliphatic rings. The number of pyridine rings is 1. The number of benzene rings is 2. The van der Waals surface area contributed by atoms with Gasteiger partial charge in [-0.05, 0) is 48.0 Å². The molecule has 2 aromatic carbocycles. The Hall–Kier alpha value is -3.20. The molecule has 0 aliphatic carbocycles. The van der Waals surface area contributed by atoms with E-state index in [0.29, 0.717) is 0 Å². The minimum atomic E-state index is 0.904. The van der Waals surface area contributed by atoms with Gasteiger partial charge in [-0.1, -0.05) is 36.4 Å². The topological polar surface area (TPSA) is 30.7 Å². The molecule has 0 spiro atoms. The lowest BCUT2D eigenvalue weighted by Crippen LogP contribution is -1.96. The van der Waals surface area contributed by atoms with Gasteiger partial charge in [0, 0.05) is 18.1 Å². The van der Waals surface area contributed by atoms with Gasteiger partial charge in [-0.25, -0.2) is 4.98 Å². The molecule has 2 heterocycles. The molecule has 23 heavy (non-hydrogen) atoms. The first-order valence-electron chi connectivity index (χ1n) is 7.53. The molecule has 0 saturated heterocycles. The molecule has 0 saturated carbocycles. The second-order valence-corrected chi connectivity index (χ2v) is 5.25. The molecule has 0 amide bonds. The van der Waals surface area contributed by atoms with Crippen LogP contribution in [-0.4, -0.2) is 14.5 Å². The molecule has 0 aliphatic heterocycles. The Morgan fingerprint density at radius 1 is 0.783 bits per heavy atom. The number of nitrogens with zero attached hydrogens (tertiary/aromatic N) is 3. The maximum atomic E-state index is 4.76. The Labute approximate surface area is 134 Å². The Kier molecular flexibility index (Phi) is 3.45. The zero-order valence-electron chi connectivity index (χ0n) is 12.5. The first-order valence-corrected chi connectivity index (χ1v) is 7.53. The van der Waals surface area contributed by atoms with Gasteiger partial charge in [-0.3, -0.25) is 9.55 Å². The minimum Gasteiger partial charge on any atom is -0.293 e. The third-order valence-corrected chi connectivity index (χ3v) is 3.71. The molecule has 0 N–H and O–H groups in total. The minimum absolute atomic E-state index is 0.904. The smallest absolute Gasteiger partial charge is 0.138 e. The van der Waals surface area contributed by atoms with E-state index in [0.717, 1.165) is 28.1 Å². The van der Waals surface area contributed by atoms with E-state index >= 15 is 0 Å². The summed E-state index contributed by atoms with van der Waals surface area (Å²) in [5, 5.41) is 0. The van der Waals surface area contributed by atoms with Crippen LogP contribution in [0.1, 0.15) is 11.4 Å². The van der Waals surface area contributed by atoms with E-state index in [1.807, 2.05) is 66.9 Å². The second kappa shape index (κ2) is 5.89. The van der Waals surface area contributed by atoms with Crippen LogP contribution in [0.2, 0.25) is 0 Å². The van der Waals surface area contributed by atoms with Gasteiger partial charge >= 0.3 is 0 Å². The highest BCUT2D eigenvalue weighted by Crippen LogP contribution is 2.22. The van der Waals surface area contributed by atoms with Crippen molar-refractivity contribution in [1.82, 2.24) is 14.5 Å². The van der Waals surface area contributed by atoms with E-state index in [2.05, 4.69) is 27.8 Å². The van der Waals surface area contributed by atoms with Gasteiger partial charge in [0.05, 0.1) is 11.0 Å². The highest BCUT2D eigenvalue weighted by molar-refractivity contribution is 5.82. The third-order valence-electron chi connectivity index (χ3n) is 3.71. The van der Waals surface area contributed by atoms with Crippen LogP contribution in [0.15, 0.2) is 79.1 Å². The van der Waals surface area contributed by atoms with Crippen molar-refractivity contribution in [2.24, 2.45) is 0 Å². The molecular formula is C20H15N3. The summed E-state index contributed by atoms with van der Waals surface area (Å²) in [7, 11) is 0. The van der Waals surface area contributed by atoms with Crippen LogP contribution in [0.3, 0.4) is 0 Å². The molecule has 0 unspecified atom stereocenters. The fraction of sp³-hybridized carbons (Fsp3) is 0. The molecule has 3 nitrogen and oxygen atoms in total. The Balaban J connectivity index is 1.88. The number of hydrogen-bond donors (Lipinski definition) is 0. The van der Waals surface area contributed by atoms with E-state index in [4.69, 9.17) is 4.98 Å². The van der Waals surface area contributed by atoms with Gasteiger partial charge in [-0.2, -0.15) is 0 Å². The highest BCUT2D eigenvalue weighted by atomic mass is 15.1. The summed E-state index contributed by atoms with van der Waals surface area (Å²) in [6.45, 7) is 0. The molecule has 0 fully saturated rings. The van der Waals surface area contributed by atoms with Crippen molar-refractivity contribution in [2.75, 3.05) is 0 Å². The van der Waals surface area contributed by atoms with Crippen molar-refractivity contribution in [3.63, 3.8) is 0 Å². The van der Waals surface area contributed by atoms with Gasteiger partial charge in [0.1, 0.15) is 5.82 Å². The van der Waals surface area contributed by atoms with Crippen LogP contribution in [0, 0.1) is 0 Å². The number of rotatable bonds is 3. The zero-order chi connectivity index (χ0) is 15.5. The van der Waals surface area contributed by atoms with E-state index in [9.17, 15) is 0 Å². The van der Waals surface area contributed by atoms with Crippen molar-refractivity contribution in [1.29, 1.82) is 0 Å². The quantitative estimate of drug-likeness (QED) is 0.553. The van der Waals surface area contributed by atoms with Crippen molar-refractivity contribution >= 4 is 23.2 Å². The highest BCUT2D eigenvalue weighted by Gasteiger charge is 2.09. The van der Waals surface area contributed by atoms with Gasteiger partial charge in [-0.15, -0.1) is 0 Å². The predicted molar refractivity (Wildman–Crippen MR) is 94.2 cm³/mol. The first kappa shape index (κ1) is 13.5. The van der Waals surface area contributed by atoms with Gasteiger partial charge in [0.2, 0.25) is 0 Å². The molecule has 4 aromatic rings. The van der Waals surface area contributed by atoms with Crippen molar-refractivity contribution < 1.29 is 0 Å². The van der Waals surface area contributed by atoms with Gasteiger partial charge < -0.3 is 0 Å². The van der Waals surface area contributed by atoms with Crippen LogP contribution in [0.5, 0.6) is 0 Å². The number of fused-ring (bicyclic) bond motifs is 1. The zero-order valence-corrected chi connectivity index (χ0v) is 12.5. The van der Waals surface area contributed by atoms with Crippen molar-refractivity contribution in [3.8, 4) is 5.69 Å². The van der Waals surface area contributed by atoms with Gasteiger partial charge in [0.15, 0.2) is 0 Å². The van der Waals surface area contributed by atoms with E-state index in [-0.39, 0.29) is 0 Å². The standard InChI is InChI=1S/C20H15N3/c1-2-8-17(9-3-1)23-19-11-5-4-10-18(19)22-20(23)13-12-16-7-6-14-21-15-16/h1-15H/b13-12+. The number of hydrogen-bond acceptors (Lipinski definition) is 2. The molecule has 0 atom stereocenters. The largest absolute Gasteiger partial charge is 0.293 e. The fourth-order valence-electron chi connectivity index (χ4n) is 2.65. The lowest BCUT2D eigenvalue weighted by Gasteiger charge is -2.06. The summed E-state index contributed by atoms with van der Waals surface area (Å²) in [6.07, 6.45) is 7.68. The Morgan fingerprint density at radius 2 is 1.61 bits per heavy atom. The van der Waals surface area contributed by atoms with Crippen LogP contribution in [0.4, 0.5) is 0 Å². The molecule has 110 valence electrons. The molecule has 4 rings (SSSR count). The summed E-state index contributed by atoms with van der Waals surface area (Å²) in [4.78, 5) is 8.90. The molecule has 2 aromatic heterocycles. The molecule has 3 heteroatoms. The summed E-state index contributed by atoms with van der Waals surface area (Å²) in [5.74, 6) is 0.904. The van der Waals surface area contributed by atoms with E-state index in [1.165, 1.54) is 0 Å². The van der Waals surface area contributed by atoms with Crippen molar-refractivity contribution in [2.45, 2.75) is 0 Å². The predicted octanol–water partition coefficient (Wildman–Crippen LogP) is 4.59. The number of para-hydroxylation sites is 3. The number of aromatic nitrogens is 3. The lowest BCUT2D eigenvalue weighted by atomic mass is 10.2. The first-order chi connectivity index (χ1) is 11.4. The number of imidazole rings is 1. The maximum absolute atomic E-state index is 4.76. The summed E-state index contributed by atoms with van der Waals surface area (Å²) >= 11 is 0. The molecule has 0 bridgehead atoms. The second-order valence-electron chi connectivity index (χ2n) is 5.25. The molecular weight excluding hydrogens is 282 g/mol. The van der Waals surface area contributed by atoms with Crippen LogP contribution >= 0.6 is 0 Å². The SMILES string of the molecule is C(=C\c1nc2ccccc2n1-c1ccccc1)/c1cccnc1. The van der Waals surface area contributed by atoms with Crippen LogP contribution < -0.4 is 0 Å². The Morgan fingerprint density at radius 3 is 2.43 bits per heavy atom. The normalized spacial score (nSPS) is 11.3.